The smallest absolute Gasteiger partial charge is 0.240 e. The van der Waals surface area contributed by atoms with E-state index in [-0.39, 0.29) is 10.9 Å². The Hall–Kier alpha value is -0.920. The van der Waals surface area contributed by atoms with Crippen LogP contribution in [0.2, 0.25) is 0 Å². The molecule has 0 atom stereocenters. The van der Waals surface area contributed by atoms with Gasteiger partial charge in [0, 0.05) is 28.3 Å². The quantitative estimate of drug-likeness (QED) is 0.855. The maximum Gasteiger partial charge on any atom is 0.240 e. The van der Waals surface area contributed by atoms with Gasteiger partial charge in [-0.3, -0.25) is 4.21 Å². The number of primary sulfonamides is 1. The highest BCUT2D eigenvalue weighted by molar-refractivity contribution is 7.89. The van der Waals surface area contributed by atoms with Crippen molar-refractivity contribution in [2.75, 3.05) is 16.8 Å². The average Bonchev–Trinajstić information content (AvgIpc) is 2.31. The topological polar surface area (TPSA) is 89.3 Å². The summed E-state index contributed by atoms with van der Waals surface area (Å²) < 4.78 is 34.1. The van der Waals surface area contributed by atoms with E-state index in [1.54, 1.807) is 18.2 Å². The second kappa shape index (κ2) is 5.38. The summed E-state index contributed by atoms with van der Waals surface area (Å²) in [6.45, 7) is 0. The molecule has 100 valence electrons. The van der Waals surface area contributed by atoms with Gasteiger partial charge < -0.3 is 5.32 Å². The van der Waals surface area contributed by atoms with E-state index in [0.29, 0.717) is 17.2 Å². The summed E-state index contributed by atoms with van der Waals surface area (Å²) in [6, 6.07) is 6.74. The van der Waals surface area contributed by atoms with Gasteiger partial charge in [-0.1, -0.05) is 12.1 Å². The molecule has 0 spiro atoms. The van der Waals surface area contributed by atoms with Gasteiger partial charge in [-0.15, -0.1) is 0 Å². The molecule has 1 fully saturated rings. The Bertz CT molecular complexity index is 547. The molecule has 18 heavy (non-hydrogen) atoms. The van der Waals surface area contributed by atoms with Crippen molar-refractivity contribution in [2.45, 2.75) is 23.8 Å². The fraction of sp³-hybridized carbons (Fsp3) is 0.455. The monoisotopic (exact) mass is 288 g/mol. The molecule has 1 aliphatic heterocycles. The standard InChI is InChI=1S/C11H16N2O3S2/c12-18(15,16)11-4-2-1-3-10(11)13-9-5-7-17(14)8-6-9/h1-4,9,13H,5-8H2,(H2,12,15,16). The molecule has 1 aliphatic rings. The number of para-hydroxylation sites is 1. The Balaban J connectivity index is 2.17. The molecule has 1 saturated heterocycles. The summed E-state index contributed by atoms with van der Waals surface area (Å²) in [7, 11) is -4.44. The normalized spacial score (nSPS) is 24.7. The largest absolute Gasteiger partial charge is 0.381 e. The van der Waals surface area contributed by atoms with E-state index < -0.39 is 20.8 Å². The van der Waals surface area contributed by atoms with Crippen molar-refractivity contribution in [3.63, 3.8) is 0 Å². The van der Waals surface area contributed by atoms with Crippen LogP contribution in [0.4, 0.5) is 5.69 Å². The zero-order valence-corrected chi connectivity index (χ0v) is 11.5. The van der Waals surface area contributed by atoms with Crippen molar-refractivity contribution < 1.29 is 12.6 Å². The Labute approximate surface area is 109 Å². The van der Waals surface area contributed by atoms with Crippen LogP contribution < -0.4 is 10.5 Å². The number of anilines is 1. The van der Waals surface area contributed by atoms with Crippen molar-refractivity contribution in [1.29, 1.82) is 0 Å². The van der Waals surface area contributed by atoms with Crippen LogP contribution in [0, 0.1) is 0 Å². The summed E-state index contributed by atoms with van der Waals surface area (Å²) in [4.78, 5) is 0.108. The van der Waals surface area contributed by atoms with Gasteiger partial charge in [0.15, 0.2) is 0 Å². The van der Waals surface area contributed by atoms with Gasteiger partial charge in [-0.05, 0) is 25.0 Å². The van der Waals surface area contributed by atoms with Gasteiger partial charge in [0.2, 0.25) is 10.0 Å². The predicted molar refractivity (Wildman–Crippen MR) is 72.3 cm³/mol. The minimum absolute atomic E-state index is 0.108. The van der Waals surface area contributed by atoms with E-state index in [2.05, 4.69) is 5.32 Å². The number of sulfonamides is 1. The number of benzene rings is 1. The van der Waals surface area contributed by atoms with Crippen molar-refractivity contribution in [3.05, 3.63) is 24.3 Å². The molecule has 0 aromatic heterocycles. The minimum atomic E-state index is -3.72. The fourth-order valence-electron chi connectivity index (χ4n) is 1.99. The minimum Gasteiger partial charge on any atom is -0.381 e. The van der Waals surface area contributed by atoms with Gasteiger partial charge in [-0.2, -0.15) is 0 Å². The van der Waals surface area contributed by atoms with E-state index in [9.17, 15) is 12.6 Å². The third kappa shape index (κ3) is 3.30. The maximum absolute atomic E-state index is 11.4. The number of hydrogen-bond acceptors (Lipinski definition) is 4. The molecule has 2 rings (SSSR count). The first-order valence-corrected chi connectivity index (χ1v) is 8.73. The molecule has 5 nitrogen and oxygen atoms in total. The van der Waals surface area contributed by atoms with E-state index in [0.717, 1.165) is 12.8 Å². The lowest BCUT2D eigenvalue weighted by molar-refractivity contribution is 0.596. The van der Waals surface area contributed by atoms with Crippen molar-refractivity contribution in [1.82, 2.24) is 0 Å². The van der Waals surface area contributed by atoms with Crippen molar-refractivity contribution in [3.8, 4) is 0 Å². The summed E-state index contributed by atoms with van der Waals surface area (Å²) >= 11 is 0. The highest BCUT2D eigenvalue weighted by Gasteiger charge is 2.20. The molecule has 0 aliphatic carbocycles. The van der Waals surface area contributed by atoms with Crippen LogP contribution in [0.1, 0.15) is 12.8 Å². The molecular formula is C11H16N2O3S2. The summed E-state index contributed by atoms with van der Waals surface area (Å²) in [6.07, 6.45) is 1.57. The lowest BCUT2D eigenvalue weighted by atomic mass is 10.1. The molecule has 7 heteroatoms. The van der Waals surface area contributed by atoms with Gasteiger partial charge >= 0.3 is 0 Å². The Morgan fingerprint density at radius 2 is 1.83 bits per heavy atom. The van der Waals surface area contributed by atoms with Gasteiger partial charge in [0.1, 0.15) is 4.90 Å². The highest BCUT2D eigenvalue weighted by atomic mass is 32.2. The highest BCUT2D eigenvalue weighted by Crippen LogP contribution is 2.22. The van der Waals surface area contributed by atoms with Crippen LogP contribution in [-0.4, -0.2) is 30.2 Å². The SMILES string of the molecule is NS(=O)(=O)c1ccccc1NC1CCS(=O)CC1. The summed E-state index contributed by atoms with van der Waals surface area (Å²) in [5.74, 6) is 1.32. The first-order valence-electron chi connectivity index (χ1n) is 5.70. The molecule has 0 unspecified atom stereocenters. The van der Waals surface area contributed by atoms with Crippen LogP contribution in [0.3, 0.4) is 0 Å². The van der Waals surface area contributed by atoms with E-state index in [1.165, 1.54) is 6.07 Å². The van der Waals surface area contributed by atoms with E-state index in [1.807, 2.05) is 0 Å². The number of rotatable bonds is 3. The molecule has 1 heterocycles. The third-order valence-electron chi connectivity index (χ3n) is 2.94. The van der Waals surface area contributed by atoms with Crippen LogP contribution in [-0.2, 0) is 20.8 Å². The van der Waals surface area contributed by atoms with Crippen LogP contribution >= 0.6 is 0 Å². The van der Waals surface area contributed by atoms with Crippen LogP contribution in [0.25, 0.3) is 0 Å². The Morgan fingerprint density at radius 3 is 2.44 bits per heavy atom. The Morgan fingerprint density at radius 1 is 1.22 bits per heavy atom. The second-order valence-corrected chi connectivity index (χ2v) is 7.53. The van der Waals surface area contributed by atoms with E-state index >= 15 is 0 Å². The summed E-state index contributed by atoms with van der Waals surface area (Å²) in [5, 5.41) is 8.35. The lowest BCUT2D eigenvalue weighted by Gasteiger charge is -2.24. The zero-order chi connectivity index (χ0) is 13.2. The number of nitrogens with one attached hydrogen (secondary N) is 1. The van der Waals surface area contributed by atoms with Gasteiger partial charge in [-0.25, -0.2) is 13.6 Å². The fourth-order valence-corrected chi connectivity index (χ4v) is 3.99. The molecule has 3 N–H and O–H groups in total. The first kappa shape index (κ1) is 13.5. The lowest BCUT2D eigenvalue weighted by Crippen LogP contribution is -2.30. The van der Waals surface area contributed by atoms with Crippen molar-refractivity contribution in [2.24, 2.45) is 5.14 Å². The van der Waals surface area contributed by atoms with Crippen LogP contribution in [0.5, 0.6) is 0 Å². The third-order valence-corrected chi connectivity index (χ3v) is 5.29. The maximum atomic E-state index is 11.4. The average molecular weight is 288 g/mol. The molecule has 0 amide bonds. The van der Waals surface area contributed by atoms with Crippen molar-refractivity contribution >= 4 is 26.5 Å². The molecule has 0 radical (unpaired) electrons. The Kier molecular flexibility index (Phi) is 4.04. The molecule has 1 aromatic rings. The molecule has 0 saturated carbocycles. The summed E-state index contributed by atoms with van der Waals surface area (Å²) in [5.41, 5.74) is 0.526. The number of hydrogen-bond donors (Lipinski definition) is 2. The van der Waals surface area contributed by atoms with Gasteiger partial charge in [0.25, 0.3) is 0 Å². The molecule has 0 bridgehead atoms. The van der Waals surface area contributed by atoms with E-state index in [4.69, 9.17) is 5.14 Å². The molecular weight excluding hydrogens is 272 g/mol. The second-order valence-electron chi connectivity index (χ2n) is 4.31. The molecule has 1 aromatic carbocycles. The van der Waals surface area contributed by atoms with Crippen LogP contribution in [0.15, 0.2) is 29.2 Å². The number of nitrogens with two attached hydrogens (primary N) is 1. The first-order chi connectivity index (χ1) is 8.47. The zero-order valence-electron chi connectivity index (χ0n) is 9.83. The van der Waals surface area contributed by atoms with Gasteiger partial charge in [0.05, 0.1) is 5.69 Å². The predicted octanol–water partition coefficient (Wildman–Crippen LogP) is 0.657.